The summed E-state index contributed by atoms with van der Waals surface area (Å²) in [7, 11) is 0. The van der Waals surface area contributed by atoms with Crippen LogP contribution in [0.1, 0.15) is 51.9 Å². The zero-order chi connectivity index (χ0) is 38.5. The Hall–Kier alpha value is -5.49. The number of piperidine rings is 1. The molecule has 0 spiro atoms. The van der Waals surface area contributed by atoms with E-state index in [1.807, 2.05) is 70.2 Å². The third-order valence-corrected chi connectivity index (χ3v) is 8.84. The average Bonchev–Trinajstić information content (AvgIpc) is 3.72. The highest BCUT2D eigenvalue weighted by atomic mass is 16.5. The van der Waals surface area contributed by atoms with Crippen molar-refractivity contribution < 1.29 is 39.7 Å². The Morgan fingerprint density at radius 2 is 1.17 bits per heavy atom. The summed E-state index contributed by atoms with van der Waals surface area (Å²) < 4.78 is 3.04. The van der Waals surface area contributed by atoms with Gasteiger partial charge in [0, 0.05) is 42.6 Å². The van der Waals surface area contributed by atoms with Crippen LogP contribution in [0.25, 0.3) is 22.8 Å². The molecular weight excluding hydrogens is 686 g/mol. The molecule has 4 aromatic rings. The van der Waals surface area contributed by atoms with E-state index >= 15 is 0 Å². The predicted molar refractivity (Wildman–Crippen MR) is 189 cm³/mol. The molecule has 1 amide bonds. The molecule has 1 aliphatic rings. The highest BCUT2D eigenvalue weighted by Gasteiger charge is 2.46. The number of amides is 1. The van der Waals surface area contributed by atoms with E-state index in [9.17, 15) is 39.7 Å². The van der Waals surface area contributed by atoms with E-state index in [1.165, 1.54) is 19.2 Å². The van der Waals surface area contributed by atoms with Crippen LogP contribution in [0.3, 0.4) is 0 Å². The van der Waals surface area contributed by atoms with Crippen molar-refractivity contribution in [3.63, 3.8) is 0 Å². The molecule has 0 saturated carbocycles. The van der Waals surface area contributed by atoms with E-state index in [2.05, 4.69) is 15.5 Å². The average molecular weight is 731 g/mol. The van der Waals surface area contributed by atoms with E-state index in [1.54, 1.807) is 24.5 Å². The first kappa shape index (κ1) is 38.7. The molecule has 1 radical (unpaired) electrons. The number of hydroxylamine groups is 2. The largest absolute Gasteiger partial charge is 0.480 e. The fraction of sp³-hybridized carbons (Fsp3) is 0.417. The molecule has 1 aliphatic heterocycles. The Balaban J connectivity index is 1.36. The van der Waals surface area contributed by atoms with E-state index in [0.29, 0.717) is 35.9 Å². The van der Waals surface area contributed by atoms with Gasteiger partial charge >= 0.3 is 17.9 Å². The van der Waals surface area contributed by atoms with Crippen LogP contribution in [0.2, 0.25) is 0 Å². The van der Waals surface area contributed by atoms with Gasteiger partial charge < -0.3 is 20.6 Å². The third kappa shape index (κ3) is 10.3. The first-order valence-corrected chi connectivity index (χ1v) is 17.0. The lowest BCUT2D eigenvalue weighted by Crippen LogP contribution is -2.62. The van der Waals surface area contributed by atoms with Crippen molar-refractivity contribution >= 4 is 23.8 Å². The van der Waals surface area contributed by atoms with E-state index in [0.717, 1.165) is 16.2 Å². The lowest BCUT2D eigenvalue weighted by Gasteiger charge is -2.50. The zero-order valence-electron chi connectivity index (χ0n) is 30.0. The molecule has 1 saturated heterocycles. The Kier molecular flexibility index (Phi) is 11.7. The van der Waals surface area contributed by atoms with Crippen LogP contribution in [0, 0.1) is 0 Å². The molecule has 0 bridgehead atoms. The number of nitrogens with zero attached hydrogens (tertiary/aromatic N) is 8. The Morgan fingerprint density at radius 3 is 1.62 bits per heavy atom. The molecule has 0 atom stereocenters. The molecule has 3 aromatic heterocycles. The fourth-order valence-corrected chi connectivity index (χ4v) is 6.89. The summed E-state index contributed by atoms with van der Waals surface area (Å²) in [4.78, 5) is 55.1. The maximum atomic E-state index is 13.2. The van der Waals surface area contributed by atoms with Crippen LogP contribution in [-0.4, -0.2) is 122 Å². The summed E-state index contributed by atoms with van der Waals surface area (Å²) in [5, 5.41) is 54.1. The number of carboxylic acids is 3. The monoisotopic (exact) mass is 730 g/mol. The number of carbonyl (C=O) groups excluding carboxylic acids is 1. The molecule has 17 nitrogen and oxygen atoms in total. The van der Waals surface area contributed by atoms with Crippen molar-refractivity contribution in [3.05, 3.63) is 78.4 Å². The second kappa shape index (κ2) is 16.0. The van der Waals surface area contributed by atoms with Gasteiger partial charge in [0.2, 0.25) is 5.91 Å². The summed E-state index contributed by atoms with van der Waals surface area (Å²) in [6.45, 7) is 5.87. The second-order valence-electron chi connectivity index (χ2n) is 14.5. The van der Waals surface area contributed by atoms with Gasteiger partial charge in [0.25, 0.3) is 0 Å². The van der Waals surface area contributed by atoms with Crippen molar-refractivity contribution in [2.24, 2.45) is 0 Å². The summed E-state index contributed by atoms with van der Waals surface area (Å²) in [5.74, 6) is -2.95. The van der Waals surface area contributed by atoms with Gasteiger partial charge in [-0.2, -0.15) is 10.2 Å². The second-order valence-corrected chi connectivity index (χ2v) is 14.5. The van der Waals surface area contributed by atoms with Crippen LogP contribution < -0.4 is 5.32 Å². The van der Waals surface area contributed by atoms with Crippen molar-refractivity contribution in [2.75, 3.05) is 26.2 Å². The van der Waals surface area contributed by atoms with Crippen LogP contribution in [0.5, 0.6) is 0 Å². The Bertz CT molecular complexity index is 1910. The standard InChI is InChI=1S/C36H44N9O8/c1-35(2)16-28(17-36(3,4)45(35)53)37-31(46)20-41(21-32(47)48)18-26-10-12-43(39-26)29-14-25(24-8-6-5-7-9-24)15-30(38-29)44-13-11-27(40-44)19-42(22-33(49)50)23-34(51)52/h5-15,28H,16-23H2,1-4H3,(H,37,46)(H,47,48)(H,49,50)(H,51,52). The zero-order valence-corrected chi connectivity index (χ0v) is 30.0. The van der Waals surface area contributed by atoms with Crippen molar-refractivity contribution in [1.82, 2.24) is 44.7 Å². The molecule has 0 aliphatic carbocycles. The molecule has 4 heterocycles. The summed E-state index contributed by atoms with van der Waals surface area (Å²) in [6.07, 6.45) is 4.24. The van der Waals surface area contributed by atoms with E-state index < -0.39 is 48.6 Å². The van der Waals surface area contributed by atoms with Gasteiger partial charge in [-0.05, 0) is 75.9 Å². The molecule has 1 aromatic carbocycles. The maximum absolute atomic E-state index is 13.2. The van der Waals surface area contributed by atoms with Gasteiger partial charge in [-0.3, -0.25) is 29.0 Å². The highest BCUT2D eigenvalue weighted by Crippen LogP contribution is 2.37. The summed E-state index contributed by atoms with van der Waals surface area (Å²) >= 11 is 0. The van der Waals surface area contributed by atoms with Crippen LogP contribution in [-0.2, 0) is 37.5 Å². The number of carboxylic acid groups (broad SMARTS) is 3. The van der Waals surface area contributed by atoms with Crippen molar-refractivity contribution in [1.29, 1.82) is 0 Å². The number of hydrogen-bond donors (Lipinski definition) is 4. The number of hydrogen-bond acceptors (Lipinski definition) is 10. The van der Waals surface area contributed by atoms with Gasteiger partial charge in [-0.1, -0.05) is 30.3 Å². The van der Waals surface area contributed by atoms with Crippen molar-refractivity contribution in [2.45, 2.75) is 70.7 Å². The maximum Gasteiger partial charge on any atom is 0.317 e. The van der Waals surface area contributed by atoms with Gasteiger partial charge in [0.05, 0.1) is 37.6 Å². The summed E-state index contributed by atoms with van der Waals surface area (Å²) in [5.41, 5.74) is 1.25. The molecule has 17 heteroatoms. The molecule has 281 valence electrons. The molecule has 0 unspecified atom stereocenters. The lowest BCUT2D eigenvalue weighted by atomic mass is 9.79. The number of benzene rings is 1. The molecular formula is C36H44N9O8. The van der Waals surface area contributed by atoms with Gasteiger partial charge in [-0.15, -0.1) is 10.3 Å². The fourth-order valence-electron chi connectivity index (χ4n) is 6.89. The normalized spacial score (nSPS) is 15.8. The minimum Gasteiger partial charge on any atom is -0.480 e. The van der Waals surface area contributed by atoms with Gasteiger partial charge in [0.1, 0.15) is 0 Å². The Labute approximate surface area is 306 Å². The van der Waals surface area contributed by atoms with E-state index in [-0.39, 0.29) is 31.6 Å². The highest BCUT2D eigenvalue weighted by molar-refractivity contribution is 5.79. The lowest BCUT2D eigenvalue weighted by molar-refractivity contribution is -0.290. The minimum absolute atomic E-state index is 0.0143. The number of rotatable bonds is 16. The quantitative estimate of drug-likeness (QED) is 0.130. The van der Waals surface area contributed by atoms with Gasteiger partial charge in [0.15, 0.2) is 11.6 Å². The first-order chi connectivity index (χ1) is 25.0. The third-order valence-electron chi connectivity index (χ3n) is 8.84. The SMILES string of the molecule is CC1(C)CC(NC(=O)CN(CC(=O)O)Cc2ccn(-c3cc(-c4ccccc4)cc(-n4ccc(CN(CC(=O)O)CC(=O)O)n4)n3)n2)CC(C)(C)N1[O]. The smallest absolute Gasteiger partial charge is 0.317 e. The van der Waals surface area contributed by atoms with Gasteiger partial charge in [-0.25, -0.2) is 14.3 Å². The van der Waals surface area contributed by atoms with Crippen LogP contribution >= 0.6 is 0 Å². The Morgan fingerprint density at radius 1 is 0.717 bits per heavy atom. The van der Waals surface area contributed by atoms with Crippen LogP contribution in [0.15, 0.2) is 67.0 Å². The minimum atomic E-state index is -1.16. The number of carbonyl (C=O) groups is 4. The molecule has 53 heavy (non-hydrogen) atoms. The van der Waals surface area contributed by atoms with Crippen LogP contribution in [0.4, 0.5) is 0 Å². The molecule has 1 fully saturated rings. The number of nitrogens with one attached hydrogen (secondary N) is 1. The number of aliphatic carboxylic acids is 3. The number of aromatic nitrogens is 5. The molecule has 5 rings (SSSR count). The first-order valence-electron chi connectivity index (χ1n) is 17.0. The predicted octanol–water partition coefficient (Wildman–Crippen LogP) is 2.46. The molecule has 4 N–H and O–H groups in total. The van der Waals surface area contributed by atoms with E-state index in [4.69, 9.17) is 4.98 Å². The number of pyridine rings is 1. The van der Waals surface area contributed by atoms with Crippen molar-refractivity contribution in [3.8, 4) is 22.8 Å². The topological polar surface area (TPSA) is 219 Å². The summed E-state index contributed by atoms with van der Waals surface area (Å²) in [6, 6.07) is 16.3.